The van der Waals surface area contributed by atoms with Crippen LogP contribution in [0.25, 0.3) is 11.1 Å². The maximum atomic E-state index is 12.7. The molecule has 0 fully saturated rings. The van der Waals surface area contributed by atoms with Crippen molar-refractivity contribution in [2.45, 2.75) is 31.2 Å². The first-order valence-electron chi connectivity index (χ1n) is 10.7. The summed E-state index contributed by atoms with van der Waals surface area (Å²) in [5.41, 5.74) is 5.52. The molecule has 0 aromatic heterocycles. The summed E-state index contributed by atoms with van der Waals surface area (Å²) in [6, 6.07) is 21.3. The number of carbonyl (C=O) groups excluding carboxylic acids is 1. The minimum atomic E-state index is -0.912. The van der Waals surface area contributed by atoms with E-state index in [1.54, 1.807) is 12.1 Å². The van der Waals surface area contributed by atoms with Crippen LogP contribution in [0.2, 0.25) is 5.02 Å². The van der Waals surface area contributed by atoms with Crippen molar-refractivity contribution in [3.05, 3.63) is 92.9 Å². The van der Waals surface area contributed by atoms with E-state index in [9.17, 15) is 9.59 Å². The Labute approximate surface area is 205 Å². The number of benzene rings is 3. The first kappa shape index (κ1) is 23.3. The van der Waals surface area contributed by atoms with Crippen LogP contribution in [-0.4, -0.2) is 29.8 Å². The summed E-state index contributed by atoms with van der Waals surface area (Å²) in [6.07, 6.45) is 0.126. The van der Waals surface area contributed by atoms with E-state index in [2.05, 4.69) is 45.5 Å². The number of hydrogen-bond acceptors (Lipinski definition) is 3. The number of fused-ring (bicyclic) bond motifs is 3. The van der Waals surface area contributed by atoms with Crippen molar-refractivity contribution in [2.24, 2.45) is 0 Å². The van der Waals surface area contributed by atoms with Gasteiger partial charge in [0.1, 0.15) is 6.61 Å². The molecule has 0 bridgehead atoms. The summed E-state index contributed by atoms with van der Waals surface area (Å²) < 4.78 is 6.44. The molecule has 0 saturated heterocycles. The maximum absolute atomic E-state index is 12.7. The second-order valence-electron chi connectivity index (χ2n) is 8.04. The van der Waals surface area contributed by atoms with Gasteiger partial charge in [0, 0.05) is 27.9 Å². The lowest BCUT2D eigenvalue weighted by atomic mass is 9.98. The van der Waals surface area contributed by atoms with Gasteiger partial charge in [0.25, 0.3) is 0 Å². The van der Waals surface area contributed by atoms with E-state index in [0.717, 1.165) is 32.3 Å². The highest BCUT2D eigenvalue weighted by atomic mass is 79.9. The number of halogens is 2. The van der Waals surface area contributed by atoms with Crippen molar-refractivity contribution < 1.29 is 19.4 Å². The molecule has 1 aliphatic carbocycles. The van der Waals surface area contributed by atoms with Crippen molar-refractivity contribution in [1.82, 2.24) is 5.32 Å². The topological polar surface area (TPSA) is 75.6 Å². The molecule has 3 aromatic carbocycles. The number of ether oxygens (including phenoxy) is 1. The third-order valence-electron chi connectivity index (χ3n) is 5.85. The van der Waals surface area contributed by atoms with E-state index in [-0.39, 0.29) is 25.4 Å². The van der Waals surface area contributed by atoms with Gasteiger partial charge >= 0.3 is 12.1 Å². The van der Waals surface area contributed by atoms with Crippen LogP contribution in [0.4, 0.5) is 4.79 Å². The summed E-state index contributed by atoms with van der Waals surface area (Å²) in [7, 11) is 0. The Balaban J connectivity index is 1.44. The molecule has 1 unspecified atom stereocenters. The van der Waals surface area contributed by atoms with Crippen LogP contribution >= 0.6 is 27.5 Å². The van der Waals surface area contributed by atoms with Gasteiger partial charge < -0.3 is 15.2 Å². The molecule has 2 N–H and O–H groups in total. The summed E-state index contributed by atoms with van der Waals surface area (Å²) in [5.74, 6) is -0.949. The minimum absolute atomic E-state index is 0.0361. The fraction of sp³-hybridized carbons (Fsp3) is 0.231. The SMILES string of the molecule is O=C(O)CCC(Cc1ccc(Cl)cc1Br)NC(=O)OCC1c2ccccc2-c2ccccc21. The Morgan fingerprint density at radius 1 is 1.03 bits per heavy atom. The van der Waals surface area contributed by atoms with E-state index in [1.165, 1.54) is 0 Å². The van der Waals surface area contributed by atoms with Gasteiger partial charge in [-0.25, -0.2) is 4.79 Å². The predicted octanol–water partition coefficient (Wildman–Crippen LogP) is 6.42. The Bertz CT molecular complexity index is 1140. The van der Waals surface area contributed by atoms with Crippen LogP contribution in [0, 0.1) is 0 Å². The van der Waals surface area contributed by atoms with Crippen LogP contribution in [0.15, 0.2) is 71.2 Å². The zero-order chi connectivity index (χ0) is 23.4. The molecule has 170 valence electrons. The first-order chi connectivity index (χ1) is 15.9. The molecule has 3 aromatic rings. The average Bonchev–Trinajstić information content (AvgIpc) is 3.11. The zero-order valence-electron chi connectivity index (χ0n) is 17.8. The van der Waals surface area contributed by atoms with E-state index >= 15 is 0 Å². The molecular weight excluding hydrogens is 506 g/mol. The van der Waals surface area contributed by atoms with Gasteiger partial charge in [-0.2, -0.15) is 0 Å². The van der Waals surface area contributed by atoms with Crippen molar-refractivity contribution in [3.8, 4) is 11.1 Å². The van der Waals surface area contributed by atoms with E-state index in [0.29, 0.717) is 11.4 Å². The summed E-state index contributed by atoms with van der Waals surface area (Å²) in [5, 5.41) is 12.6. The number of carboxylic acids is 1. The van der Waals surface area contributed by atoms with Gasteiger partial charge in [-0.15, -0.1) is 0 Å². The Morgan fingerprint density at radius 3 is 2.27 bits per heavy atom. The number of rotatable bonds is 8. The predicted molar refractivity (Wildman–Crippen MR) is 132 cm³/mol. The maximum Gasteiger partial charge on any atom is 0.407 e. The average molecular weight is 529 g/mol. The third kappa shape index (κ3) is 5.57. The molecule has 1 amide bonds. The molecule has 0 heterocycles. The van der Waals surface area contributed by atoms with Gasteiger partial charge in [-0.3, -0.25) is 4.79 Å². The molecule has 0 aliphatic heterocycles. The molecule has 33 heavy (non-hydrogen) atoms. The van der Waals surface area contributed by atoms with Crippen LogP contribution < -0.4 is 5.32 Å². The number of hydrogen-bond donors (Lipinski definition) is 2. The molecule has 0 spiro atoms. The Kier molecular flexibility index (Phi) is 7.36. The highest BCUT2D eigenvalue weighted by Crippen LogP contribution is 2.44. The van der Waals surface area contributed by atoms with E-state index in [1.807, 2.05) is 30.3 Å². The summed E-state index contributed by atoms with van der Waals surface area (Å²) >= 11 is 9.50. The number of nitrogens with one attached hydrogen (secondary N) is 1. The quantitative estimate of drug-likeness (QED) is 0.354. The monoisotopic (exact) mass is 527 g/mol. The van der Waals surface area contributed by atoms with Gasteiger partial charge in [-0.1, -0.05) is 82.1 Å². The van der Waals surface area contributed by atoms with Gasteiger partial charge in [0.05, 0.1) is 0 Å². The lowest BCUT2D eigenvalue weighted by Gasteiger charge is -2.20. The lowest BCUT2D eigenvalue weighted by Crippen LogP contribution is -2.38. The minimum Gasteiger partial charge on any atom is -0.481 e. The Hall–Kier alpha value is -2.83. The highest BCUT2D eigenvalue weighted by Gasteiger charge is 2.29. The van der Waals surface area contributed by atoms with Crippen LogP contribution in [0.1, 0.15) is 35.4 Å². The van der Waals surface area contributed by atoms with Crippen LogP contribution in [0.5, 0.6) is 0 Å². The lowest BCUT2D eigenvalue weighted by molar-refractivity contribution is -0.137. The zero-order valence-corrected chi connectivity index (χ0v) is 20.1. The standard InChI is InChI=1S/C26H23BrClNO4/c27-24-14-17(28)10-9-16(24)13-18(11-12-25(30)31)29-26(32)33-15-23-21-7-3-1-5-19(21)20-6-2-4-8-22(20)23/h1-10,14,18,23H,11-13,15H2,(H,29,32)(H,30,31). The first-order valence-corrected chi connectivity index (χ1v) is 11.9. The number of amides is 1. The molecule has 0 saturated carbocycles. The molecule has 7 heteroatoms. The molecule has 1 atom stereocenters. The molecule has 0 radical (unpaired) electrons. The number of alkyl carbamates (subject to hydrolysis) is 1. The fourth-order valence-electron chi connectivity index (χ4n) is 4.28. The van der Waals surface area contributed by atoms with Crippen molar-refractivity contribution in [2.75, 3.05) is 6.61 Å². The van der Waals surface area contributed by atoms with Crippen molar-refractivity contribution >= 4 is 39.6 Å². The third-order valence-corrected chi connectivity index (χ3v) is 6.83. The molecular formula is C26H23BrClNO4. The largest absolute Gasteiger partial charge is 0.481 e. The van der Waals surface area contributed by atoms with E-state index in [4.69, 9.17) is 21.4 Å². The number of carbonyl (C=O) groups is 2. The van der Waals surface area contributed by atoms with Crippen LogP contribution in [-0.2, 0) is 16.0 Å². The normalized spacial score (nSPS) is 13.2. The highest BCUT2D eigenvalue weighted by molar-refractivity contribution is 9.10. The fourth-order valence-corrected chi connectivity index (χ4v) is 5.13. The van der Waals surface area contributed by atoms with E-state index < -0.39 is 18.1 Å². The smallest absolute Gasteiger partial charge is 0.407 e. The Morgan fingerprint density at radius 2 is 1.67 bits per heavy atom. The van der Waals surface area contributed by atoms with Gasteiger partial charge in [0.2, 0.25) is 0 Å². The number of carboxylic acid groups (broad SMARTS) is 1. The molecule has 1 aliphatic rings. The van der Waals surface area contributed by atoms with Gasteiger partial charge in [0.15, 0.2) is 0 Å². The summed E-state index contributed by atoms with van der Waals surface area (Å²) in [6.45, 7) is 0.205. The molecule has 4 rings (SSSR count). The van der Waals surface area contributed by atoms with Crippen molar-refractivity contribution in [1.29, 1.82) is 0 Å². The van der Waals surface area contributed by atoms with Gasteiger partial charge in [-0.05, 0) is 52.8 Å². The number of aliphatic carboxylic acids is 1. The second kappa shape index (κ2) is 10.4. The van der Waals surface area contributed by atoms with Crippen LogP contribution in [0.3, 0.4) is 0 Å². The molecule has 5 nitrogen and oxygen atoms in total. The second-order valence-corrected chi connectivity index (χ2v) is 9.33. The van der Waals surface area contributed by atoms with Crippen molar-refractivity contribution in [3.63, 3.8) is 0 Å². The summed E-state index contributed by atoms with van der Waals surface area (Å²) in [4.78, 5) is 23.8.